The Morgan fingerprint density at radius 1 is 0.944 bits per heavy atom. The molecule has 1 unspecified atom stereocenters. The van der Waals surface area contributed by atoms with Gasteiger partial charge in [-0.3, -0.25) is 9.59 Å². The van der Waals surface area contributed by atoms with E-state index in [0.29, 0.717) is 35.4 Å². The first-order valence-electron chi connectivity index (χ1n) is 12.6. The first-order valence-corrected chi connectivity index (χ1v) is 12.6. The molecule has 184 valence electrons. The molecule has 5 nitrogen and oxygen atoms in total. The standard InChI is InChI=1S/C31H31NO4/c1-4-5-9-15-32-28(23-13-10-14-24(18-23)35-19-22-11-7-6-8-12-22)27-29(33)26-21(3)16-20(2)17-25(26)36-30(27)31(32)34/h6-8,10-14,16-18,28H,4-5,9,15,19H2,1-3H3. The zero-order chi connectivity index (χ0) is 25.2. The molecule has 4 aromatic rings. The summed E-state index contributed by atoms with van der Waals surface area (Å²) >= 11 is 0. The number of rotatable bonds is 8. The van der Waals surface area contributed by atoms with Gasteiger partial charge in [0.05, 0.1) is 17.0 Å². The van der Waals surface area contributed by atoms with Crippen molar-refractivity contribution in [2.75, 3.05) is 6.54 Å². The molecule has 0 fully saturated rings. The number of amides is 1. The second-order valence-corrected chi connectivity index (χ2v) is 9.58. The van der Waals surface area contributed by atoms with E-state index in [1.165, 1.54) is 0 Å². The number of benzene rings is 3. The first-order chi connectivity index (χ1) is 17.5. The van der Waals surface area contributed by atoms with Crippen molar-refractivity contribution in [2.24, 2.45) is 0 Å². The highest BCUT2D eigenvalue weighted by Crippen LogP contribution is 2.39. The molecule has 1 aromatic heterocycles. The molecule has 1 amide bonds. The summed E-state index contributed by atoms with van der Waals surface area (Å²) in [6.07, 6.45) is 2.92. The van der Waals surface area contributed by atoms with E-state index in [2.05, 4.69) is 6.92 Å². The van der Waals surface area contributed by atoms with Crippen LogP contribution in [0.5, 0.6) is 5.75 Å². The molecule has 36 heavy (non-hydrogen) atoms. The Morgan fingerprint density at radius 2 is 1.75 bits per heavy atom. The molecule has 1 atom stereocenters. The largest absolute Gasteiger partial charge is 0.489 e. The summed E-state index contributed by atoms with van der Waals surface area (Å²) in [6, 6.07) is 21.0. The Morgan fingerprint density at radius 3 is 2.53 bits per heavy atom. The minimum Gasteiger partial charge on any atom is -0.489 e. The average Bonchev–Trinajstić information content (AvgIpc) is 3.15. The topological polar surface area (TPSA) is 59.8 Å². The van der Waals surface area contributed by atoms with Crippen molar-refractivity contribution >= 4 is 16.9 Å². The maximum Gasteiger partial charge on any atom is 0.290 e. The molecule has 1 aliphatic heterocycles. The Bertz CT molecular complexity index is 1470. The molecule has 0 bridgehead atoms. The molecule has 0 saturated carbocycles. The highest BCUT2D eigenvalue weighted by atomic mass is 16.5. The molecule has 0 saturated heterocycles. The van der Waals surface area contributed by atoms with Crippen LogP contribution in [-0.2, 0) is 6.61 Å². The van der Waals surface area contributed by atoms with Gasteiger partial charge in [0, 0.05) is 6.54 Å². The number of carbonyl (C=O) groups is 1. The second-order valence-electron chi connectivity index (χ2n) is 9.58. The second kappa shape index (κ2) is 10.0. The van der Waals surface area contributed by atoms with E-state index in [-0.39, 0.29) is 17.1 Å². The lowest BCUT2D eigenvalue weighted by Crippen LogP contribution is -2.30. The number of fused-ring (bicyclic) bond motifs is 2. The normalized spacial score (nSPS) is 14.9. The van der Waals surface area contributed by atoms with E-state index in [1.54, 1.807) is 4.90 Å². The summed E-state index contributed by atoms with van der Waals surface area (Å²) < 4.78 is 12.2. The zero-order valence-corrected chi connectivity index (χ0v) is 21.0. The number of nitrogens with zero attached hydrogens (tertiary/aromatic N) is 1. The number of carbonyl (C=O) groups excluding carboxylic acids is 1. The van der Waals surface area contributed by atoms with E-state index >= 15 is 0 Å². The van der Waals surface area contributed by atoms with Crippen LogP contribution < -0.4 is 10.2 Å². The minimum atomic E-state index is -0.508. The smallest absolute Gasteiger partial charge is 0.290 e. The van der Waals surface area contributed by atoms with Gasteiger partial charge >= 0.3 is 0 Å². The van der Waals surface area contributed by atoms with Gasteiger partial charge in [-0.15, -0.1) is 0 Å². The van der Waals surface area contributed by atoms with E-state index < -0.39 is 6.04 Å². The Labute approximate surface area is 211 Å². The van der Waals surface area contributed by atoms with Crippen molar-refractivity contribution in [3.8, 4) is 5.75 Å². The van der Waals surface area contributed by atoms with Gasteiger partial charge in [-0.05, 0) is 60.7 Å². The summed E-state index contributed by atoms with van der Waals surface area (Å²) in [5, 5.41) is 0.545. The third-order valence-corrected chi connectivity index (χ3v) is 6.84. The first kappa shape index (κ1) is 23.9. The van der Waals surface area contributed by atoms with E-state index in [4.69, 9.17) is 9.15 Å². The number of hydrogen-bond acceptors (Lipinski definition) is 4. The van der Waals surface area contributed by atoms with Crippen molar-refractivity contribution in [1.29, 1.82) is 0 Å². The van der Waals surface area contributed by atoms with Gasteiger partial charge in [0.15, 0.2) is 5.43 Å². The van der Waals surface area contributed by atoms with Gasteiger partial charge in [-0.1, -0.05) is 68.3 Å². The van der Waals surface area contributed by atoms with Crippen LogP contribution >= 0.6 is 0 Å². The molecular formula is C31H31NO4. The molecule has 0 spiro atoms. The predicted molar refractivity (Wildman–Crippen MR) is 142 cm³/mol. The Balaban J connectivity index is 1.59. The van der Waals surface area contributed by atoms with Crippen molar-refractivity contribution in [3.63, 3.8) is 0 Å². The van der Waals surface area contributed by atoms with Crippen LogP contribution in [-0.4, -0.2) is 17.4 Å². The van der Waals surface area contributed by atoms with Crippen LogP contribution in [0.15, 0.2) is 75.9 Å². The summed E-state index contributed by atoms with van der Waals surface area (Å²) in [5.74, 6) is 0.636. The Kier molecular flexibility index (Phi) is 6.64. The molecule has 0 radical (unpaired) electrons. The van der Waals surface area contributed by atoms with Gasteiger partial charge in [0.25, 0.3) is 5.91 Å². The highest BCUT2D eigenvalue weighted by molar-refractivity contribution is 5.99. The maximum absolute atomic E-state index is 13.9. The third kappa shape index (κ3) is 4.41. The summed E-state index contributed by atoms with van der Waals surface area (Å²) in [7, 11) is 0. The van der Waals surface area contributed by atoms with Crippen LogP contribution in [0.1, 0.15) is 70.6 Å². The predicted octanol–water partition coefficient (Wildman–Crippen LogP) is 6.72. The lowest BCUT2D eigenvalue weighted by molar-refractivity contribution is 0.0724. The summed E-state index contributed by atoms with van der Waals surface area (Å²) in [4.78, 5) is 29.3. The molecule has 0 aliphatic carbocycles. The van der Waals surface area contributed by atoms with E-state index in [1.807, 2.05) is 80.6 Å². The monoisotopic (exact) mass is 481 g/mol. The van der Waals surface area contributed by atoms with Crippen molar-refractivity contribution in [2.45, 2.75) is 52.7 Å². The number of aryl methyl sites for hydroxylation is 2. The fraction of sp³-hybridized carbons (Fsp3) is 0.290. The van der Waals surface area contributed by atoms with Gasteiger partial charge in [0.1, 0.15) is 17.9 Å². The van der Waals surface area contributed by atoms with Gasteiger partial charge in [-0.2, -0.15) is 0 Å². The summed E-state index contributed by atoms with van der Waals surface area (Å²) in [5.41, 5.74) is 4.54. The minimum absolute atomic E-state index is 0.129. The van der Waals surface area contributed by atoms with E-state index in [9.17, 15) is 9.59 Å². The molecule has 0 N–H and O–H groups in total. The molecule has 5 heteroatoms. The molecule has 5 rings (SSSR count). The number of unbranched alkanes of at least 4 members (excludes halogenated alkanes) is 2. The summed E-state index contributed by atoms with van der Waals surface area (Å²) in [6.45, 7) is 7.01. The highest BCUT2D eigenvalue weighted by Gasteiger charge is 2.42. The quantitative estimate of drug-likeness (QED) is 0.262. The van der Waals surface area contributed by atoms with Crippen molar-refractivity contribution < 1.29 is 13.9 Å². The molecule has 1 aliphatic rings. The fourth-order valence-electron chi connectivity index (χ4n) is 5.14. The lowest BCUT2D eigenvalue weighted by Gasteiger charge is -2.25. The van der Waals surface area contributed by atoms with Gasteiger partial charge in [-0.25, -0.2) is 0 Å². The lowest BCUT2D eigenvalue weighted by atomic mass is 9.96. The van der Waals surface area contributed by atoms with Crippen LogP contribution in [0.4, 0.5) is 0 Å². The van der Waals surface area contributed by atoms with Crippen LogP contribution in [0.2, 0.25) is 0 Å². The Hall–Kier alpha value is -3.86. The van der Waals surface area contributed by atoms with Gasteiger partial charge < -0.3 is 14.1 Å². The molecular weight excluding hydrogens is 450 g/mol. The zero-order valence-electron chi connectivity index (χ0n) is 21.0. The SMILES string of the molecule is CCCCCN1C(=O)c2oc3cc(C)cc(C)c3c(=O)c2C1c1cccc(OCc2ccccc2)c1. The fourth-order valence-corrected chi connectivity index (χ4v) is 5.14. The molecule has 3 aromatic carbocycles. The van der Waals surface area contributed by atoms with Crippen molar-refractivity contribution in [3.05, 3.63) is 111 Å². The van der Waals surface area contributed by atoms with Crippen LogP contribution in [0.3, 0.4) is 0 Å². The van der Waals surface area contributed by atoms with Crippen LogP contribution in [0, 0.1) is 13.8 Å². The average molecular weight is 482 g/mol. The molecule has 2 heterocycles. The maximum atomic E-state index is 13.9. The third-order valence-electron chi connectivity index (χ3n) is 6.84. The number of ether oxygens (including phenoxy) is 1. The van der Waals surface area contributed by atoms with Crippen LogP contribution in [0.25, 0.3) is 11.0 Å². The van der Waals surface area contributed by atoms with E-state index in [0.717, 1.165) is 41.5 Å². The van der Waals surface area contributed by atoms with Gasteiger partial charge in [0.2, 0.25) is 5.76 Å². The van der Waals surface area contributed by atoms with Crippen molar-refractivity contribution in [1.82, 2.24) is 4.90 Å². The number of hydrogen-bond donors (Lipinski definition) is 0.